The van der Waals surface area contributed by atoms with Crippen molar-refractivity contribution in [2.75, 3.05) is 13.1 Å². The summed E-state index contributed by atoms with van der Waals surface area (Å²) in [4.78, 5) is 14.0. The van der Waals surface area contributed by atoms with E-state index in [9.17, 15) is 10.1 Å². The largest absolute Gasteiger partial charge is 0.340 e. The van der Waals surface area contributed by atoms with E-state index in [1.54, 1.807) is 12.1 Å². The summed E-state index contributed by atoms with van der Waals surface area (Å²) < 4.78 is 4.87. The van der Waals surface area contributed by atoms with Crippen molar-refractivity contribution in [3.63, 3.8) is 0 Å². The van der Waals surface area contributed by atoms with Gasteiger partial charge in [0.1, 0.15) is 0 Å². The molecular formula is C12H14N4O3. The van der Waals surface area contributed by atoms with Crippen molar-refractivity contribution in [2.24, 2.45) is 0 Å². The summed E-state index contributed by atoms with van der Waals surface area (Å²) in [5.74, 6) is 0.614. The molecule has 0 radical (unpaired) electrons. The molecule has 1 N–H and O–H groups in total. The molecule has 0 saturated carbocycles. The molecule has 0 aliphatic heterocycles. The molecule has 0 unspecified atom stereocenters. The van der Waals surface area contributed by atoms with Crippen LogP contribution in [0.25, 0.3) is 0 Å². The third-order valence-corrected chi connectivity index (χ3v) is 2.66. The van der Waals surface area contributed by atoms with E-state index in [-0.39, 0.29) is 5.69 Å². The number of hydrogen-bond acceptors (Lipinski definition) is 6. The van der Waals surface area contributed by atoms with Crippen molar-refractivity contribution < 1.29 is 9.45 Å². The fraction of sp³-hybridized carbons (Fsp3) is 0.333. The van der Waals surface area contributed by atoms with Gasteiger partial charge in [-0.05, 0) is 18.5 Å². The highest BCUT2D eigenvalue weighted by atomic mass is 16.6. The molecule has 0 amide bonds. The van der Waals surface area contributed by atoms with Gasteiger partial charge in [-0.25, -0.2) is 0 Å². The van der Waals surface area contributed by atoms with E-state index < -0.39 is 4.92 Å². The van der Waals surface area contributed by atoms with Gasteiger partial charge in [0.2, 0.25) is 5.89 Å². The molecule has 1 heterocycles. The van der Waals surface area contributed by atoms with Gasteiger partial charge in [-0.1, -0.05) is 17.3 Å². The number of rotatable bonds is 7. The van der Waals surface area contributed by atoms with Crippen LogP contribution in [-0.4, -0.2) is 28.2 Å². The van der Waals surface area contributed by atoms with Crippen molar-refractivity contribution in [2.45, 2.75) is 12.8 Å². The SMILES string of the molecule is O=[N+]([O-])c1ccc(CCNCCc2ncno2)cc1. The Kier molecular flexibility index (Phi) is 4.57. The smallest absolute Gasteiger partial charge is 0.269 e. The molecule has 19 heavy (non-hydrogen) atoms. The third kappa shape index (κ3) is 4.14. The monoisotopic (exact) mass is 262 g/mol. The molecule has 0 aliphatic rings. The zero-order valence-electron chi connectivity index (χ0n) is 10.3. The number of aromatic nitrogens is 2. The minimum atomic E-state index is -0.396. The number of nitrogens with zero attached hydrogens (tertiary/aromatic N) is 3. The molecule has 1 aromatic heterocycles. The lowest BCUT2D eigenvalue weighted by molar-refractivity contribution is -0.384. The summed E-state index contributed by atoms with van der Waals surface area (Å²) in [6.45, 7) is 1.56. The number of nitro benzene ring substituents is 1. The van der Waals surface area contributed by atoms with Crippen molar-refractivity contribution in [3.8, 4) is 0 Å². The number of hydrogen-bond donors (Lipinski definition) is 1. The molecule has 0 saturated heterocycles. The Morgan fingerprint density at radius 2 is 1.95 bits per heavy atom. The summed E-state index contributed by atoms with van der Waals surface area (Å²) in [7, 11) is 0. The molecule has 1 aromatic carbocycles. The van der Waals surface area contributed by atoms with Crippen LogP contribution >= 0.6 is 0 Å². The normalized spacial score (nSPS) is 10.5. The number of nitrogens with one attached hydrogen (secondary N) is 1. The fourth-order valence-corrected chi connectivity index (χ4v) is 1.64. The Morgan fingerprint density at radius 3 is 2.58 bits per heavy atom. The molecule has 0 bridgehead atoms. The summed E-state index contributed by atoms with van der Waals surface area (Å²) in [5, 5.41) is 17.3. The molecule has 100 valence electrons. The standard InChI is InChI=1S/C12H14N4O3/c17-16(18)11-3-1-10(2-4-11)5-7-13-8-6-12-14-9-15-19-12/h1-4,9,13H,5-8H2. The van der Waals surface area contributed by atoms with Gasteiger partial charge in [0.15, 0.2) is 6.33 Å². The fourth-order valence-electron chi connectivity index (χ4n) is 1.64. The van der Waals surface area contributed by atoms with Gasteiger partial charge in [0, 0.05) is 25.1 Å². The van der Waals surface area contributed by atoms with Gasteiger partial charge in [0.05, 0.1) is 4.92 Å². The molecule has 7 heteroatoms. The van der Waals surface area contributed by atoms with Gasteiger partial charge in [0.25, 0.3) is 5.69 Å². The topological polar surface area (TPSA) is 94.1 Å². The van der Waals surface area contributed by atoms with Crippen LogP contribution in [0.3, 0.4) is 0 Å². The number of benzene rings is 1. The van der Waals surface area contributed by atoms with E-state index in [1.165, 1.54) is 18.5 Å². The predicted octanol–water partition coefficient (Wildman–Crippen LogP) is 1.35. The maximum atomic E-state index is 10.5. The predicted molar refractivity (Wildman–Crippen MR) is 67.7 cm³/mol. The Balaban J connectivity index is 1.66. The van der Waals surface area contributed by atoms with E-state index in [4.69, 9.17) is 4.52 Å². The molecule has 0 atom stereocenters. The van der Waals surface area contributed by atoms with Crippen molar-refractivity contribution in [1.82, 2.24) is 15.5 Å². The van der Waals surface area contributed by atoms with Crippen molar-refractivity contribution >= 4 is 5.69 Å². The van der Waals surface area contributed by atoms with E-state index in [2.05, 4.69) is 15.5 Å². The second-order valence-electron chi connectivity index (χ2n) is 4.01. The maximum Gasteiger partial charge on any atom is 0.269 e. The molecular weight excluding hydrogens is 248 g/mol. The van der Waals surface area contributed by atoms with E-state index in [1.807, 2.05) is 0 Å². The van der Waals surface area contributed by atoms with Gasteiger partial charge in [-0.15, -0.1) is 0 Å². The summed E-state index contributed by atoms with van der Waals surface area (Å²) in [6, 6.07) is 6.59. The first-order valence-corrected chi connectivity index (χ1v) is 5.95. The first-order chi connectivity index (χ1) is 9.25. The first-order valence-electron chi connectivity index (χ1n) is 5.95. The first kappa shape index (κ1) is 13.2. The van der Waals surface area contributed by atoms with Crippen LogP contribution < -0.4 is 5.32 Å². The zero-order valence-corrected chi connectivity index (χ0v) is 10.3. The van der Waals surface area contributed by atoms with Crippen LogP contribution in [0.1, 0.15) is 11.5 Å². The minimum absolute atomic E-state index is 0.119. The van der Waals surface area contributed by atoms with Gasteiger partial charge >= 0.3 is 0 Å². The molecule has 0 fully saturated rings. The quantitative estimate of drug-likeness (QED) is 0.460. The molecule has 0 spiro atoms. The number of non-ortho nitro benzene ring substituents is 1. The summed E-state index contributed by atoms with van der Waals surface area (Å²) in [5.41, 5.74) is 1.18. The molecule has 0 aliphatic carbocycles. The second kappa shape index (κ2) is 6.60. The Labute approximate surface area is 109 Å². The number of nitro groups is 1. The average Bonchev–Trinajstić information content (AvgIpc) is 2.92. The molecule has 7 nitrogen and oxygen atoms in total. The lowest BCUT2D eigenvalue weighted by Crippen LogP contribution is -2.20. The lowest BCUT2D eigenvalue weighted by Gasteiger charge is -2.03. The minimum Gasteiger partial charge on any atom is -0.340 e. The Bertz CT molecular complexity index is 510. The molecule has 2 aromatic rings. The van der Waals surface area contributed by atoms with Crippen LogP contribution in [0.4, 0.5) is 5.69 Å². The van der Waals surface area contributed by atoms with Crippen molar-refractivity contribution in [3.05, 3.63) is 52.2 Å². The summed E-state index contributed by atoms with van der Waals surface area (Å²) >= 11 is 0. The van der Waals surface area contributed by atoms with Gasteiger partial charge in [-0.2, -0.15) is 4.98 Å². The van der Waals surface area contributed by atoms with E-state index >= 15 is 0 Å². The van der Waals surface area contributed by atoms with Crippen LogP contribution in [-0.2, 0) is 12.8 Å². The van der Waals surface area contributed by atoms with E-state index in [0.29, 0.717) is 12.3 Å². The van der Waals surface area contributed by atoms with Crippen LogP contribution in [0.5, 0.6) is 0 Å². The third-order valence-electron chi connectivity index (χ3n) is 2.66. The van der Waals surface area contributed by atoms with Crippen LogP contribution in [0.2, 0.25) is 0 Å². The zero-order chi connectivity index (χ0) is 13.5. The highest BCUT2D eigenvalue weighted by molar-refractivity contribution is 5.32. The van der Waals surface area contributed by atoms with Gasteiger partial charge < -0.3 is 9.84 Å². The van der Waals surface area contributed by atoms with E-state index in [0.717, 1.165) is 25.1 Å². The second-order valence-corrected chi connectivity index (χ2v) is 4.01. The highest BCUT2D eigenvalue weighted by Gasteiger charge is 2.03. The Morgan fingerprint density at radius 1 is 1.21 bits per heavy atom. The lowest BCUT2D eigenvalue weighted by atomic mass is 10.1. The average molecular weight is 262 g/mol. The van der Waals surface area contributed by atoms with Crippen LogP contribution in [0.15, 0.2) is 35.1 Å². The Hall–Kier alpha value is -2.28. The van der Waals surface area contributed by atoms with Crippen LogP contribution in [0, 0.1) is 10.1 Å². The maximum absolute atomic E-state index is 10.5. The summed E-state index contributed by atoms with van der Waals surface area (Å²) in [6.07, 6.45) is 2.90. The molecule has 2 rings (SSSR count). The van der Waals surface area contributed by atoms with Gasteiger partial charge in [-0.3, -0.25) is 10.1 Å². The van der Waals surface area contributed by atoms with Crippen molar-refractivity contribution in [1.29, 1.82) is 0 Å². The highest BCUT2D eigenvalue weighted by Crippen LogP contribution is 2.11.